The summed E-state index contributed by atoms with van der Waals surface area (Å²) in [5.74, 6) is -4.57. The Bertz CT molecular complexity index is 1120. The van der Waals surface area contributed by atoms with Gasteiger partial charge >= 0.3 is 5.97 Å². The van der Waals surface area contributed by atoms with Crippen LogP contribution in [-0.2, 0) is 17.8 Å². The molecule has 0 fully saturated rings. The zero-order valence-electron chi connectivity index (χ0n) is 13.8. The number of allylic oxidation sites excluding steroid dienone is 1. The Morgan fingerprint density at radius 3 is 2.56 bits per heavy atom. The summed E-state index contributed by atoms with van der Waals surface area (Å²) in [6.45, 7) is -0.131. The van der Waals surface area contributed by atoms with Crippen molar-refractivity contribution in [2.45, 2.75) is 13.0 Å². The fourth-order valence-electron chi connectivity index (χ4n) is 2.68. The van der Waals surface area contributed by atoms with E-state index in [0.717, 1.165) is 16.8 Å². The van der Waals surface area contributed by atoms with E-state index in [1.54, 1.807) is 24.3 Å². The highest BCUT2D eigenvalue weighted by Gasteiger charge is 2.13. The predicted molar refractivity (Wildman–Crippen MR) is 92.7 cm³/mol. The van der Waals surface area contributed by atoms with E-state index in [0.29, 0.717) is 16.8 Å². The molecule has 0 aliphatic heterocycles. The third-order valence-corrected chi connectivity index (χ3v) is 3.86. The van der Waals surface area contributed by atoms with Crippen molar-refractivity contribution >= 4 is 22.8 Å². The number of hydrogen-bond donors (Lipinski definition) is 1. The summed E-state index contributed by atoms with van der Waals surface area (Å²) >= 11 is 0. The lowest BCUT2D eigenvalue weighted by Gasteiger charge is -2.08. The van der Waals surface area contributed by atoms with Crippen LogP contribution >= 0.6 is 0 Å². The number of carboxylic acid groups (broad SMARTS) is 1. The molecule has 0 bridgehead atoms. The smallest absolute Gasteiger partial charge is 0.309 e. The van der Waals surface area contributed by atoms with E-state index in [1.807, 2.05) is 0 Å². The monoisotopic (exact) mass is 374 g/mol. The van der Waals surface area contributed by atoms with Gasteiger partial charge in [-0.3, -0.25) is 9.59 Å². The molecule has 0 amide bonds. The molecule has 0 spiro atoms. The van der Waals surface area contributed by atoms with E-state index in [4.69, 9.17) is 5.11 Å². The molecule has 1 aromatic heterocycles. The number of fused-ring (bicyclic) bond motifs is 1. The molecule has 0 saturated carbocycles. The number of carbonyl (C=O) groups is 1. The van der Waals surface area contributed by atoms with Gasteiger partial charge in [0.25, 0.3) is 5.56 Å². The number of aliphatic carboxylic acids is 1. The standard InChI is InChI=1S/C19H13F3N2O3/c20-12-8-11(18(22)15(21)9-12)4-3-7-24-19(27)14-6-2-1-5-13(14)16(23-24)10-17(25)26/h1-6,8-9H,7,10H2,(H,25,26). The summed E-state index contributed by atoms with van der Waals surface area (Å²) in [6, 6.07) is 7.71. The summed E-state index contributed by atoms with van der Waals surface area (Å²) in [6.07, 6.45) is 2.06. The zero-order chi connectivity index (χ0) is 19.6. The first-order valence-corrected chi connectivity index (χ1v) is 7.88. The minimum atomic E-state index is -1.32. The van der Waals surface area contributed by atoms with Crippen molar-refractivity contribution in [3.05, 3.63) is 81.5 Å². The minimum Gasteiger partial charge on any atom is -0.481 e. The molecule has 138 valence electrons. The van der Waals surface area contributed by atoms with Gasteiger partial charge in [-0.2, -0.15) is 5.10 Å². The molecule has 27 heavy (non-hydrogen) atoms. The lowest BCUT2D eigenvalue weighted by atomic mass is 10.1. The lowest BCUT2D eigenvalue weighted by Crippen LogP contribution is -2.25. The van der Waals surface area contributed by atoms with Gasteiger partial charge in [0, 0.05) is 17.0 Å². The van der Waals surface area contributed by atoms with Gasteiger partial charge in [0.2, 0.25) is 0 Å². The first kappa shape index (κ1) is 18.4. The van der Waals surface area contributed by atoms with Gasteiger partial charge in [0.05, 0.1) is 24.0 Å². The summed E-state index contributed by atoms with van der Waals surface area (Å²) in [7, 11) is 0. The fraction of sp³-hybridized carbons (Fsp3) is 0.105. The van der Waals surface area contributed by atoms with Crippen molar-refractivity contribution in [2.24, 2.45) is 0 Å². The van der Waals surface area contributed by atoms with Gasteiger partial charge in [-0.1, -0.05) is 30.4 Å². The van der Waals surface area contributed by atoms with Crippen LogP contribution in [-0.4, -0.2) is 20.9 Å². The van der Waals surface area contributed by atoms with E-state index in [1.165, 1.54) is 6.08 Å². The van der Waals surface area contributed by atoms with Gasteiger partial charge in [0.15, 0.2) is 11.6 Å². The molecule has 8 heteroatoms. The van der Waals surface area contributed by atoms with Crippen LogP contribution in [0.1, 0.15) is 11.3 Å². The van der Waals surface area contributed by atoms with E-state index in [9.17, 15) is 22.8 Å². The van der Waals surface area contributed by atoms with Gasteiger partial charge < -0.3 is 5.11 Å². The highest BCUT2D eigenvalue weighted by molar-refractivity contribution is 5.86. The number of nitrogens with zero attached hydrogens (tertiary/aromatic N) is 2. The van der Waals surface area contributed by atoms with Crippen molar-refractivity contribution in [3.8, 4) is 0 Å². The Morgan fingerprint density at radius 1 is 1.15 bits per heavy atom. The van der Waals surface area contributed by atoms with Crippen molar-refractivity contribution in [3.63, 3.8) is 0 Å². The third kappa shape index (κ3) is 3.89. The molecule has 1 heterocycles. The number of aromatic nitrogens is 2. The van der Waals surface area contributed by atoms with Crippen LogP contribution in [0.5, 0.6) is 0 Å². The summed E-state index contributed by atoms with van der Waals surface area (Å²) in [5.41, 5.74) is -0.573. The van der Waals surface area contributed by atoms with E-state index >= 15 is 0 Å². The van der Waals surface area contributed by atoms with Gasteiger partial charge in [-0.15, -0.1) is 0 Å². The first-order valence-electron chi connectivity index (χ1n) is 7.88. The van der Waals surface area contributed by atoms with Crippen molar-refractivity contribution in [1.82, 2.24) is 9.78 Å². The van der Waals surface area contributed by atoms with Gasteiger partial charge in [-0.05, 0) is 12.1 Å². The van der Waals surface area contributed by atoms with Crippen LogP contribution in [0.25, 0.3) is 16.8 Å². The third-order valence-electron chi connectivity index (χ3n) is 3.86. The molecule has 1 N–H and O–H groups in total. The summed E-state index contributed by atoms with van der Waals surface area (Å²) < 4.78 is 41.1. The summed E-state index contributed by atoms with van der Waals surface area (Å²) in [4.78, 5) is 23.6. The normalized spacial score (nSPS) is 11.4. The minimum absolute atomic E-state index is 0.131. The Morgan fingerprint density at radius 2 is 1.85 bits per heavy atom. The predicted octanol–water partition coefficient (Wildman–Crippen LogP) is 3.15. The Labute approximate surface area is 151 Å². The molecule has 0 unspecified atom stereocenters. The molecule has 0 saturated heterocycles. The number of hydrogen-bond acceptors (Lipinski definition) is 3. The zero-order valence-corrected chi connectivity index (χ0v) is 13.8. The SMILES string of the molecule is O=C(O)Cc1nn(CC=Cc2cc(F)cc(F)c2F)c(=O)c2ccccc12. The first-order chi connectivity index (χ1) is 12.9. The maximum atomic E-state index is 13.7. The number of benzene rings is 2. The molecule has 0 atom stereocenters. The maximum absolute atomic E-state index is 13.7. The molecule has 5 nitrogen and oxygen atoms in total. The van der Waals surface area contributed by atoms with Crippen LogP contribution in [0.2, 0.25) is 0 Å². The molecule has 3 aromatic rings. The Hall–Kier alpha value is -3.42. The molecule has 2 aromatic carbocycles. The number of carboxylic acids is 1. The Kier molecular flexibility index (Phi) is 5.07. The van der Waals surface area contributed by atoms with Crippen LogP contribution in [0.15, 0.2) is 47.3 Å². The van der Waals surface area contributed by atoms with Crippen LogP contribution < -0.4 is 5.56 Å². The van der Waals surface area contributed by atoms with Crippen LogP contribution in [0.3, 0.4) is 0 Å². The largest absolute Gasteiger partial charge is 0.481 e. The lowest BCUT2D eigenvalue weighted by molar-refractivity contribution is -0.136. The average Bonchev–Trinajstić information content (AvgIpc) is 2.62. The van der Waals surface area contributed by atoms with Crippen molar-refractivity contribution < 1.29 is 23.1 Å². The molecule has 0 aliphatic carbocycles. The Balaban J connectivity index is 1.99. The summed E-state index contributed by atoms with van der Waals surface area (Å²) in [5, 5.41) is 13.8. The molecule has 3 rings (SSSR count). The molecular weight excluding hydrogens is 361 g/mol. The molecule has 0 aliphatic rings. The van der Waals surface area contributed by atoms with Crippen molar-refractivity contribution in [2.75, 3.05) is 0 Å². The van der Waals surface area contributed by atoms with E-state index in [-0.39, 0.29) is 24.2 Å². The highest BCUT2D eigenvalue weighted by atomic mass is 19.2. The van der Waals surface area contributed by atoms with Crippen LogP contribution in [0.4, 0.5) is 13.2 Å². The van der Waals surface area contributed by atoms with Gasteiger partial charge in [-0.25, -0.2) is 17.9 Å². The topological polar surface area (TPSA) is 72.2 Å². The highest BCUT2D eigenvalue weighted by Crippen LogP contribution is 2.16. The number of halogens is 3. The maximum Gasteiger partial charge on any atom is 0.309 e. The number of rotatable bonds is 5. The second kappa shape index (κ2) is 7.45. The average molecular weight is 374 g/mol. The van der Waals surface area contributed by atoms with Crippen LogP contribution in [0, 0.1) is 17.5 Å². The van der Waals surface area contributed by atoms with Crippen molar-refractivity contribution in [1.29, 1.82) is 0 Å². The molecular formula is C19H13F3N2O3. The van der Waals surface area contributed by atoms with E-state index in [2.05, 4.69) is 5.10 Å². The quantitative estimate of drug-likeness (QED) is 0.697. The second-order valence-corrected chi connectivity index (χ2v) is 5.74. The fourth-order valence-corrected chi connectivity index (χ4v) is 2.68. The van der Waals surface area contributed by atoms with Gasteiger partial charge in [0.1, 0.15) is 5.82 Å². The van der Waals surface area contributed by atoms with E-state index < -0.39 is 29.0 Å². The molecule has 0 radical (unpaired) electrons. The second-order valence-electron chi connectivity index (χ2n) is 5.74.